The third-order valence-corrected chi connectivity index (χ3v) is 13.5. The van der Waals surface area contributed by atoms with Crippen molar-refractivity contribution < 1.29 is 14.7 Å². The highest BCUT2D eigenvalue weighted by atomic mass is 16.6. The maximum atomic E-state index is 12.8. The van der Waals surface area contributed by atoms with E-state index in [0.717, 1.165) is 38.5 Å². The smallest absolute Gasteiger partial charge is 0.310 e. The molecular formula is C31H47NO3. The number of rotatable bonds is 1. The summed E-state index contributed by atoms with van der Waals surface area (Å²) in [6, 6.07) is 0. The van der Waals surface area contributed by atoms with Crippen LogP contribution in [0.2, 0.25) is 0 Å². The van der Waals surface area contributed by atoms with Crippen molar-refractivity contribution in [1.82, 2.24) is 0 Å². The van der Waals surface area contributed by atoms with Gasteiger partial charge in [0.25, 0.3) is 0 Å². The van der Waals surface area contributed by atoms with Crippen molar-refractivity contribution >= 4 is 12.2 Å². The highest BCUT2D eigenvalue weighted by Crippen LogP contribution is 2.76. The van der Waals surface area contributed by atoms with E-state index in [-0.39, 0.29) is 39.1 Å². The Bertz CT molecular complexity index is 1010. The number of carboxylic acid groups (broad SMARTS) is 1. The topological polar surface area (TPSA) is 58.9 Å². The van der Waals surface area contributed by atoms with Crippen molar-refractivity contribution in [2.75, 3.05) is 0 Å². The van der Waals surface area contributed by atoms with Gasteiger partial charge in [-0.15, -0.1) is 0 Å². The first-order valence-corrected chi connectivity index (χ1v) is 14.3. The summed E-state index contributed by atoms with van der Waals surface area (Å²) in [6.07, 6.45) is 14.4. The van der Waals surface area contributed by atoms with Crippen LogP contribution in [0.25, 0.3) is 0 Å². The molecule has 1 N–H and O–H groups in total. The Morgan fingerprint density at radius 1 is 0.971 bits per heavy atom. The number of oxime groups is 1. The number of fused-ring (bicyclic) bond motifs is 8. The van der Waals surface area contributed by atoms with Gasteiger partial charge in [-0.3, -0.25) is 4.79 Å². The normalized spacial score (nSPS) is 53.1. The molecule has 9 atom stereocenters. The summed E-state index contributed by atoms with van der Waals surface area (Å²) in [4.78, 5) is 18.8. The molecule has 0 bridgehead atoms. The van der Waals surface area contributed by atoms with Crippen molar-refractivity contribution in [2.45, 2.75) is 112 Å². The van der Waals surface area contributed by atoms with Crippen molar-refractivity contribution in [3.63, 3.8) is 0 Å². The summed E-state index contributed by atoms with van der Waals surface area (Å²) in [6.45, 7) is 17.3. The molecule has 4 saturated carbocycles. The molecule has 6 aliphatic rings. The molecule has 4 nitrogen and oxygen atoms in total. The molecule has 0 radical (unpaired) electrons. The Labute approximate surface area is 212 Å². The zero-order chi connectivity index (χ0) is 25.2. The first-order valence-electron chi connectivity index (χ1n) is 14.3. The standard InChI is InChI=1S/C31H47NO3/c1-26(2)12-14-31(25(33)34)15-13-29(6)20(21(31)17-26)8-9-23-28(5)16-19-18-32-35-24(19)27(3,4)22(28)10-11-30(23,29)7/h8,18-19,21-24H,9-17H2,1-7H3,(H,33,34)/t19?,21-,22?,23?,24?,28-,29+,30+,31-/m0/s1. The molecule has 0 spiro atoms. The molecule has 194 valence electrons. The quantitative estimate of drug-likeness (QED) is 0.395. The Hall–Kier alpha value is -1.32. The SMILES string of the molecule is CC1(C)CC[C@]2(C(=O)O)CC[C@]3(C)C(=CCC4[C@@]5(C)CC6C=NOC6C(C)(C)C5CC[C@]43C)[C@@H]2C1. The Kier molecular flexibility index (Phi) is 4.78. The zero-order valence-electron chi connectivity index (χ0n) is 23.1. The van der Waals surface area contributed by atoms with E-state index in [4.69, 9.17) is 4.84 Å². The predicted octanol–water partition coefficient (Wildman–Crippen LogP) is 7.48. The highest BCUT2D eigenvalue weighted by Gasteiger charge is 2.70. The third kappa shape index (κ3) is 2.81. The number of allylic oxidation sites excluding steroid dienone is 2. The number of aliphatic carboxylic acids is 1. The van der Waals surface area contributed by atoms with Crippen molar-refractivity contribution in [2.24, 2.45) is 61.3 Å². The van der Waals surface area contributed by atoms with E-state index in [0.29, 0.717) is 17.8 Å². The number of nitrogens with zero attached hydrogens (tertiary/aromatic N) is 1. The van der Waals surface area contributed by atoms with Gasteiger partial charge in [-0.2, -0.15) is 0 Å². The molecular weight excluding hydrogens is 434 g/mol. The Morgan fingerprint density at radius 2 is 1.69 bits per heavy atom. The van der Waals surface area contributed by atoms with E-state index in [2.05, 4.69) is 65.9 Å². The third-order valence-electron chi connectivity index (χ3n) is 13.5. The summed E-state index contributed by atoms with van der Waals surface area (Å²) in [5.74, 6) is 1.31. The molecule has 0 aromatic heterocycles. The summed E-state index contributed by atoms with van der Waals surface area (Å²) >= 11 is 0. The van der Waals surface area contributed by atoms with Crippen LogP contribution in [0.3, 0.4) is 0 Å². The summed E-state index contributed by atoms with van der Waals surface area (Å²) in [7, 11) is 0. The van der Waals surface area contributed by atoms with Gasteiger partial charge in [-0.05, 0) is 97.2 Å². The van der Waals surface area contributed by atoms with Gasteiger partial charge in [-0.1, -0.05) is 65.3 Å². The van der Waals surface area contributed by atoms with E-state index >= 15 is 0 Å². The number of carboxylic acids is 1. The summed E-state index contributed by atoms with van der Waals surface area (Å²) in [5.41, 5.74) is 1.83. The highest BCUT2D eigenvalue weighted by molar-refractivity contribution is 5.76. The van der Waals surface area contributed by atoms with Crippen LogP contribution >= 0.6 is 0 Å². The van der Waals surface area contributed by atoms with Crippen molar-refractivity contribution in [1.29, 1.82) is 0 Å². The lowest BCUT2D eigenvalue weighted by molar-refractivity contribution is -0.215. The van der Waals surface area contributed by atoms with E-state index in [1.807, 2.05) is 0 Å². The fourth-order valence-electron chi connectivity index (χ4n) is 11.4. The fraction of sp³-hybridized carbons (Fsp3) is 0.871. The van der Waals surface area contributed by atoms with Gasteiger partial charge in [0.2, 0.25) is 0 Å². The van der Waals surface area contributed by atoms with Crippen LogP contribution in [0.1, 0.15) is 106 Å². The second-order valence-corrected chi connectivity index (χ2v) is 15.6. The second-order valence-electron chi connectivity index (χ2n) is 15.6. The zero-order valence-corrected chi connectivity index (χ0v) is 23.1. The van der Waals surface area contributed by atoms with Gasteiger partial charge in [-0.25, -0.2) is 0 Å². The van der Waals surface area contributed by atoms with Gasteiger partial charge in [0, 0.05) is 11.3 Å². The van der Waals surface area contributed by atoms with Crippen LogP contribution < -0.4 is 0 Å². The maximum absolute atomic E-state index is 12.8. The lowest BCUT2D eigenvalue weighted by Crippen LogP contribution is -2.66. The molecule has 4 fully saturated rings. The Balaban J connectivity index is 1.44. The molecule has 1 heterocycles. The number of hydrogen-bond donors (Lipinski definition) is 1. The maximum Gasteiger partial charge on any atom is 0.310 e. The fourth-order valence-corrected chi connectivity index (χ4v) is 11.4. The van der Waals surface area contributed by atoms with E-state index in [1.165, 1.54) is 24.8 Å². The van der Waals surface area contributed by atoms with E-state index in [1.54, 1.807) is 0 Å². The van der Waals surface area contributed by atoms with Crippen LogP contribution in [-0.4, -0.2) is 23.4 Å². The molecule has 0 aromatic carbocycles. The molecule has 0 saturated heterocycles. The minimum Gasteiger partial charge on any atom is -0.481 e. The average Bonchev–Trinajstić information content (AvgIpc) is 3.22. The largest absolute Gasteiger partial charge is 0.481 e. The monoisotopic (exact) mass is 481 g/mol. The minimum absolute atomic E-state index is 0.0855. The average molecular weight is 482 g/mol. The van der Waals surface area contributed by atoms with Crippen molar-refractivity contribution in [3.8, 4) is 0 Å². The molecule has 0 aromatic rings. The molecule has 4 unspecified atom stereocenters. The molecule has 1 aliphatic heterocycles. The molecule has 35 heavy (non-hydrogen) atoms. The minimum atomic E-state index is -0.553. The number of carbonyl (C=O) groups is 1. The van der Waals surface area contributed by atoms with E-state index in [9.17, 15) is 9.90 Å². The molecule has 5 aliphatic carbocycles. The van der Waals surface area contributed by atoms with Gasteiger partial charge >= 0.3 is 5.97 Å². The molecule has 4 heteroatoms. The van der Waals surface area contributed by atoms with Gasteiger partial charge < -0.3 is 9.94 Å². The summed E-state index contributed by atoms with van der Waals surface area (Å²) in [5, 5.41) is 14.9. The van der Waals surface area contributed by atoms with Crippen LogP contribution in [0.5, 0.6) is 0 Å². The van der Waals surface area contributed by atoms with Gasteiger partial charge in [0.05, 0.1) is 11.6 Å². The lowest BCUT2D eigenvalue weighted by atomic mass is 9.33. The van der Waals surface area contributed by atoms with Gasteiger partial charge in [0.15, 0.2) is 0 Å². The Morgan fingerprint density at radius 3 is 2.40 bits per heavy atom. The predicted molar refractivity (Wildman–Crippen MR) is 139 cm³/mol. The van der Waals surface area contributed by atoms with Crippen molar-refractivity contribution in [3.05, 3.63) is 11.6 Å². The molecule has 0 amide bonds. The van der Waals surface area contributed by atoms with E-state index < -0.39 is 11.4 Å². The first kappa shape index (κ1) is 24.0. The van der Waals surface area contributed by atoms with Crippen LogP contribution in [-0.2, 0) is 9.63 Å². The number of hydrogen-bond acceptors (Lipinski definition) is 3. The molecule has 6 rings (SSSR count). The second kappa shape index (κ2) is 6.95. The van der Waals surface area contributed by atoms with Crippen LogP contribution in [0, 0.1) is 56.2 Å². The van der Waals surface area contributed by atoms with Crippen LogP contribution in [0.4, 0.5) is 0 Å². The first-order chi connectivity index (χ1) is 16.2. The summed E-state index contributed by atoms with van der Waals surface area (Å²) < 4.78 is 0. The van der Waals surface area contributed by atoms with Gasteiger partial charge in [0.1, 0.15) is 6.10 Å². The lowest BCUT2D eigenvalue weighted by Gasteiger charge is -2.71. The van der Waals surface area contributed by atoms with Crippen LogP contribution in [0.15, 0.2) is 16.8 Å².